The van der Waals surface area contributed by atoms with E-state index in [1.807, 2.05) is 19.1 Å². The smallest absolute Gasteiger partial charge is 0.123 e. The lowest BCUT2D eigenvalue weighted by atomic mass is 10.2. The zero-order valence-electron chi connectivity index (χ0n) is 10.5. The molecule has 0 spiro atoms. The van der Waals surface area contributed by atoms with Crippen molar-refractivity contribution in [3.05, 3.63) is 28.2 Å². The van der Waals surface area contributed by atoms with Crippen LogP contribution >= 0.6 is 15.9 Å². The van der Waals surface area contributed by atoms with E-state index < -0.39 is 0 Å². The second-order valence-corrected chi connectivity index (χ2v) is 5.17. The second kappa shape index (κ2) is 7.69. The van der Waals surface area contributed by atoms with Crippen LogP contribution in [-0.2, 0) is 6.54 Å². The van der Waals surface area contributed by atoms with E-state index in [1.165, 1.54) is 5.56 Å². The highest BCUT2D eigenvalue weighted by molar-refractivity contribution is 9.10. The summed E-state index contributed by atoms with van der Waals surface area (Å²) in [5.41, 5.74) is 6.87. The van der Waals surface area contributed by atoms with Gasteiger partial charge in [0, 0.05) is 22.6 Å². The Kier molecular flexibility index (Phi) is 6.55. The summed E-state index contributed by atoms with van der Waals surface area (Å²) in [6.45, 7) is 3.84. The van der Waals surface area contributed by atoms with Crippen LogP contribution in [0.25, 0.3) is 0 Å². The van der Waals surface area contributed by atoms with E-state index in [4.69, 9.17) is 10.5 Å². The predicted molar refractivity (Wildman–Crippen MR) is 75.3 cm³/mol. The van der Waals surface area contributed by atoms with Crippen LogP contribution in [0.2, 0.25) is 0 Å². The van der Waals surface area contributed by atoms with Crippen molar-refractivity contribution in [2.24, 2.45) is 5.73 Å². The van der Waals surface area contributed by atoms with Crippen LogP contribution < -0.4 is 15.8 Å². The van der Waals surface area contributed by atoms with Gasteiger partial charge in [0.1, 0.15) is 5.75 Å². The van der Waals surface area contributed by atoms with Gasteiger partial charge in [-0.25, -0.2) is 0 Å². The number of hydrogen-bond donors (Lipinski definition) is 2. The molecular formula is C13H21BrN2O. The van der Waals surface area contributed by atoms with Gasteiger partial charge in [-0.05, 0) is 44.5 Å². The third-order valence-electron chi connectivity index (χ3n) is 2.57. The molecule has 0 aliphatic carbocycles. The Labute approximate surface area is 112 Å². The number of halogens is 1. The van der Waals surface area contributed by atoms with Crippen LogP contribution in [0.15, 0.2) is 22.7 Å². The minimum Gasteiger partial charge on any atom is -0.496 e. The Morgan fingerprint density at radius 2 is 2.24 bits per heavy atom. The van der Waals surface area contributed by atoms with E-state index in [2.05, 4.69) is 27.3 Å². The third-order valence-corrected chi connectivity index (χ3v) is 3.06. The first kappa shape index (κ1) is 14.5. The first-order valence-electron chi connectivity index (χ1n) is 5.92. The van der Waals surface area contributed by atoms with E-state index in [1.54, 1.807) is 7.11 Å². The topological polar surface area (TPSA) is 47.3 Å². The number of ether oxygens (including phenoxy) is 1. The van der Waals surface area contributed by atoms with Crippen LogP contribution in [0.1, 0.15) is 25.3 Å². The zero-order chi connectivity index (χ0) is 12.7. The van der Waals surface area contributed by atoms with Gasteiger partial charge < -0.3 is 15.8 Å². The molecule has 0 amide bonds. The Morgan fingerprint density at radius 1 is 1.47 bits per heavy atom. The number of nitrogens with two attached hydrogens (primary N) is 1. The van der Waals surface area contributed by atoms with Gasteiger partial charge in [0.2, 0.25) is 0 Å². The van der Waals surface area contributed by atoms with Gasteiger partial charge in [-0.2, -0.15) is 0 Å². The average Bonchev–Trinajstić information content (AvgIpc) is 2.28. The number of rotatable bonds is 7. The van der Waals surface area contributed by atoms with Crippen molar-refractivity contribution in [3.63, 3.8) is 0 Å². The predicted octanol–water partition coefficient (Wildman–Crippen LogP) is 2.67. The summed E-state index contributed by atoms with van der Waals surface area (Å²) in [5, 5.41) is 3.40. The number of nitrogens with one attached hydrogen (secondary N) is 1. The maximum absolute atomic E-state index is 5.70. The van der Waals surface area contributed by atoms with E-state index in [0.29, 0.717) is 0 Å². The fourth-order valence-corrected chi connectivity index (χ4v) is 2.07. The number of hydrogen-bond acceptors (Lipinski definition) is 3. The molecular weight excluding hydrogens is 280 g/mol. The monoisotopic (exact) mass is 300 g/mol. The van der Waals surface area contributed by atoms with E-state index in [-0.39, 0.29) is 6.04 Å². The highest BCUT2D eigenvalue weighted by Crippen LogP contribution is 2.22. The molecule has 0 fully saturated rings. The van der Waals surface area contributed by atoms with Crippen LogP contribution in [0.3, 0.4) is 0 Å². The third kappa shape index (κ3) is 5.52. The molecule has 1 rings (SSSR count). The first-order valence-corrected chi connectivity index (χ1v) is 6.71. The molecule has 0 aliphatic rings. The number of benzene rings is 1. The quantitative estimate of drug-likeness (QED) is 0.761. The minimum atomic E-state index is 0.289. The van der Waals surface area contributed by atoms with Gasteiger partial charge in [0.15, 0.2) is 0 Å². The normalized spacial score (nSPS) is 12.5. The summed E-state index contributed by atoms with van der Waals surface area (Å²) in [6.07, 6.45) is 2.16. The van der Waals surface area contributed by atoms with Gasteiger partial charge in [0.05, 0.1) is 7.11 Å². The molecule has 0 radical (unpaired) electrons. The fourth-order valence-electron chi connectivity index (χ4n) is 1.66. The molecule has 1 aromatic carbocycles. The van der Waals surface area contributed by atoms with Crippen molar-refractivity contribution in [3.8, 4) is 5.75 Å². The van der Waals surface area contributed by atoms with Crippen molar-refractivity contribution >= 4 is 15.9 Å². The Bertz CT molecular complexity index is 342. The van der Waals surface area contributed by atoms with Crippen molar-refractivity contribution in [2.75, 3.05) is 13.7 Å². The fraction of sp³-hybridized carbons (Fsp3) is 0.538. The molecule has 0 saturated carbocycles. The Hall–Kier alpha value is -0.580. The van der Waals surface area contributed by atoms with Gasteiger partial charge in [-0.15, -0.1) is 0 Å². The van der Waals surface area contributed by atoms with E-state index >= 15 is 0 Å². The van der Waals surface area contributed by atoms with Gasteiger partial charge in [-0.1, -0.05) is 15.9 Å². The summed E-state index contributed by atoms with van der Waals surface area (Å²) >= 11 is 3.47. The second-order valence-electron chi connectivity index (χ2n) is 4.25. The van der Waals surface area contributed by atoms with Crippen LogP contribution in [0, 0.1) is 0 Å². The lowest BCUT2D eigenvalue weighted by Crippen LogP contribution is -2.20. The molecule has 0 heterocycles. The molecule has 1 aromatic rings. The maximum atomic E-state index is 5.70. The van der Waals surface area contributed by atoms with Crippen molar-refractivity contribution in [1.82, 2.24) is 5.32 Å². The standard InChI is InChI=1S/C13H21BrN2O/c1-10(15)4-3-7-16-9-11-8-12(14)5-6-13(11)17-2/h5-6,8,10,16H,3-4,7,9,15H2,1-2H3. The minimum absolute atomic E-state index is 0.289. The molecule has 1 unspecified atom stereocenters. The molecule has 0 bridgehead atoms. The first-order chi connectivity index (χ1) is 8.13. The Balaban J connectivity index is 2.37. The van der Waals surface area contributed by atoms with Gasteiger partial charge in [0.25, 0.3) is 0 Å². The van der Waals surface area contributed by atoms with Crippen LogP contribution in [0.5, 0.6) is 5.75 Å². The van der Waals surface area contributed by atoms with Crippen LogP contribution in [-0.4, -0.2) is 19.7 Å². The summed E-state index contributed by atoms with van der Waals surface area (Å²) < 4.78 is 6.39. The van der Waals surface area contributed by atoms with E-state index in [0.717, 1.165) is 36.2 Å². The van der Waals surface area contributed by atoms with Crippen molar-refractivity contribution in [2.45, 2.75) is 32.4 Å². The Morgan fingerprint density at radius 3 is 2.88 bits per heavy atom. The highest BCUT2D eigenvalue weighted by Gasteiger charge is 2.03. The SMILES string of the molecule is COc1ccc(Br)cc1CNCCCC(C)N. The molecule has 17 heavy (non-hydrogen) atoms. The summed E-state index contributed by atoms with van der Waals surface area (Å²) in [5.74, 6) is 0.924. The molecule has 1 atom stereocenters. The molecule has 0 aliphatic heterocycles. The van der Waals surface area contributed by atoms with Gasteiger partial charge >= 0.3 is 0 Å². The lowest BCUT2D eigenvalue weighted by molar-refractivity contribution is 0.407. The van der Waals surface area contributed by atoms with E-state index in [9.17, 15) is 0 Å². The molecule has 0 aromatic heterocycles. The average molecular weight is 301 g/mol. The summed E-state index contributed by atoms with van der Waals surface area (Å²) in [7, 11) is 1.70. The van der Waals surface area contributed by atoms with Crippen molar-refractivity contribution in [1.29, 1.82) is 0 Å². The van der Waals surface area contributed by atoms with Crippen molar-refractivity contribution < 1.29 is 4.74 Å². The maximum Gasteiger partial charge on any atom is 0.123 e. The largest absolute Gasteiger partial charge is 0.496 e. The molecule has 4 heteroatoms. The molecule has 3 nitrogen and oxygen atoms in total. The summed E-state index contributed by atoms with van der Waals surface area (Å²) in [4.78, 5) is 0. The molecule has 96 valence electrons. The number of methoxy groups -OCH3 is 1. The zero-order valence-corrected chi connectivity index (χ0v) is 12.1. The lowest BCUT2D eigenvalue weighted by Gasteiger charge is -2.10. The van der Waals surface area contributed by atoms with Gasteiger partial charge in [-0.3, -0.25) is 0 Å². The summed E-state index contributed by atoms with van der Waals surface area (Å²) in [6, 6.07) is 6.33. The molecule has 0 saturated heterocycles. The van der Waals surface area contributed by atoms with Crippen LogP contribution in [0.4, 0.5) is 0 Å². The highest BCUT2D eigenvalue weighted by atomic mass is 79.9. The molecule has 3 N–H and O–H groups in total.